The molecule has 1 heteroatoms. The zero-order chi connectivity index (χ0) is 18.1. The van der Waals surface area contributed by atoms with E-state index in [2.05, 4.69) is 66.7 Å². The largest absolute Gasteiger partial charge is 0.253 e. The van der Waals surface area contributed by atoms with Gasteiger partial charge in [-0.1, -0.05) is 60.7 Å². The van der Waals surface area contributed by atoms with Crippen LogP contribution in [0.3, 0.4) is 0 Å². The van der Waals surface area contributed by atoms with Crippen LogP contribution in [0.25, 0.3) is 22.8 Å². The maximum absolute atomic E-state index is 5.25. The molecule has 1 heterocycles. The zero-order valence-corrected chi connectivity index (χ0v) is 15.7. The topological polar surface area (TPSA) is 12.9 Å². The Kier molecular flexibility index (Phi) is 4.37. The van der Waals surface area contributed by atoms with E-state index in [0.717, 1.165) is 19.3 Å². The molecular formula is C26H25N. The van der Waals surface area contributed by atoms with Crippen molar-refractivity contribution in [3.63, 3.8) is 0 Å². The molecule has 0 unspecified atom stereocenters. The summed E-state index contributed by atoms with van der Waals surface area (Å²) in [4.78, 5) is 5.25. The molecule has 0 bridgehead atoms. The van der Waals surface area contributed by atoms with E-state index in [9.17, 15) is 0 Å². The van der Waals surface area contributed by atoms with Gasteiger partial charge < -0.3 is 0 Å². The Morgan fingerprint density at radius 3 is 2.19 bits per heavy atom. The third-order valence-electron chi connectivity index (χ3n) is 5.95. The Bertz CT molecular complexity index is 984. The van der Waals surface area contributed by atoms with Gasteiger partial charge in [0.15, 0.2) is 0 Å². The maximum atomic E-state index is 5.25. The van der Waals surface area contributed by atoms with Crippen LogP contribution in [0.2, 0.25) is 0 Å². The van der Waals surface area contributed by atoms with Gasteiger partial charge >= 0.3 is 0 Å². The average Bonchev–Trinajstić information content (AvgIpc) is 2.74. The number of hydrogen-bond acceptors (Lipinski definition) is 1. The molecule has 2 aliphatic rings. The first-order valence-corrected chi connectivity index (χ1v) is 10.3. The van der Waals surface area contributed by atoms with Crippen molar-refractivity contribution < 1.29 is 0 Å². The van der Waals surface area contributed by atoms with E-state index in [4.69, 9.17) is 4.98 Å². The van der Waals surface area contributed by atoms with E-state index < -0.39 is 0 Å². The summed E-state index contributed by atoms with van der Waals surface area (Å²) in [5, 5.41) is 0. The van der Waals surface area contributed by atoms with Crippen LogP contribution in [0.5, 0.6) is 0 Å². The lowest BCUT2D eigenvalue weighted by molar-refractivity contribution is 0.662. The Morgan fingerprint density at radius 1 is 0.667 bits per heavy atom. The van der Waals surface area contributed by atoms with Gasteiger partial charge in [0.2, 0.25) is 0 Å². The lowest BCUT2D eigenvalue weighted by Gasteiger charge is -2.28. The number of hydrogen-bond donors (Lipinski definition) is 0. The molecule has 27 heavy (non-hydrogen) atoms. The quantitative estimate of drug-likeness (QED) is 0.513. The molecule has 0 saturated carbocycles. The van der Waals surface area contributed by atoms with Crippen LogP contribution in [0.1, 0.15) is 53.8 Å². The summed E-state index contributed by atoms with van der Waals surface area (Å²) in [6.07, 6.45) is 10.7. The third-order valence-corrected chi connectivity index (χ3v) is 5.95. The normalized spacial score (nSPS) is 17.4. The number of aryl methyl sites for hydroxylation is 1. The number of fused-ring (bicyclic) bond motifs is 2. The average molecular weight is 351 g/mol. The summed E-state index contributed by atoms with van der Waals surface area (Å²) in [6, 6.07) is 21.7. The molecule has 134 valence electrons. The minimum Gasteiger partial charge on any atom is -0.253 e. The first kappa shape index (κ1) is 16.5. The lowest BCUT2D eigenvalue weighted by atomic mass is 9.80. The summed E-state index contributed by atoms with van der Waals surface area (Å²) in [6.45, 7) is 0. The van der Waals surface area contributed by atoms with E-state index >= 15 is 0 Å². The van der Waals surface area contributed by atoms with Gasteiger partial charge in [0, 0.05) is 5.69 Å². The SMILES string of the molecule is C(=C1\CCCc2c1nc1c(c2-c2ccccc2)CCCC1)/c1ccccc1. The maximum Gasteiger partial charge on any atom is 0.0703 e. The van der Waals surface area contributed by atoms with Crippen LogP contribution in [0.4, 0.5) is 0 Å². The highest BCUT2D eigenvalue weighted by Crippen LogP contribution is 2.41. The fourth-order valence-corrected chi connectivity index (χ4v) is 4.71. The summed E-state index contributed by atoms with van der Waals surface area (Å²) >= 11 is 0. The van der Waals surface area contributed by atoms with Crippen molar-refractivity contribution in [1.29, 1.82) is 0 Å². The highest BCUT2D eigenvalue weighted by molar-refractivity contribution is 5.86. The molecule has 0 aliphatic heterocycles. The molecule has 0 atom stereocenters. The molecule has 0 radical (unpaired) electrons. The van der Waals surface area contributed by atoms with Gasteiger partial charge in [0.1, 0.15) is 0 Å². The Labute approximate surface area is 161 Å². The number of aromatic nitrogens is 1. The van der Waals surface area contributed by atoms with Crippen molar-refractivity contribution in [3.05, 3.63) is 88.7 Å². The Hall–Kier alpha value is -2.67. The van der Waals surface area contributed by atoms with E-state index in [1.54, 1.807) is 0 Å². The Balaban J connectivity index is 1.73. The standard InChI is InChI=1S/C26H25N/c1-3-10-19(11-4-1)18-21-14-9-16-23-25(20-12-5-2-6-13-20)22-15-7-8-17-24(22)27-26(21)23/h1-6,10-13,18H,7-9,14-17H2/b21-18-. The predicted octanol–water partition coefficient (Wildman–Crippen LogP) is 6.50. The molecule has 5 rings (SSSR count). The number of benzene rings is 2. The molecule has 2 aromatic carbocycles. The molecule has 1 aromatic heterocycles. The summed E-state index contributed by atoms with van der Waals surface area (Å²) in [5.74, 6) is 0. The van der Waals surface area contributed by atoms with Gasteiger partial charge in [-0.25, -0.2) is 0 Å². The number of rotatable bonds is 2. The summed E-state index contributed by atoms with van der Waals surface area (Å²) in [7, 11) is 0. The van der Waals surface area contributed by atoms with E-state index in [0.29, 0.717) is 0 Å². The zero-order valence-electron chi connectivity index (χ0n) is 15.7. The third kappa shape index (κ3) is 3.12. The second kappa shape index (κ2) is 7.15. The van der Waals surface area contributed by atoms with E-state index in [-0.39, 0.29) is 0 Å². The monoisotopic (exact) mass is 351 g/mol. The van der Waals surface area contributed by atoms with Gasteiger partial charge in [-0.05, 0) is 84.4 Å². The smallest absolute Gasteiger partial charge is 0.0703 e. The first-order chi connectivity index (χ1) is 13.4. The molecule has 0 amide bonds. The molecule has 0 fully saturated rings. The van der Waals surface area contributed by atoms with Crippen LogP contribution in [0.15, 0.2) is 60.7 Å². The van der Waals surface area contributed by atoms with Crippen LogP contribution >= 0.6 is 0 Å². The second-order valence-corrected chi connectivity index (χ2v) is 7.75. The van der Waals surface area contributed by atoms with Gasteiger partial charge in [0.05, 0.1) is 5.69 Å². The fourth-order valence-electron chi connectivity index (χ4n) is 4.71. The van der Waals surface area contributed by atoms with E-state index in [1.807, 2.05) is 0 Å². The van der Waals surface area contributed by atoms with Crippen LogP contribution in [0, 0.1) is 0 Å². The van der Waals surface area contributed by atoms with Crippen LogP contribution < -0.4 is 0 Å². The summed E-state index contributed by atoms with van der Waals surface area (Å²) < 4.78 is 0. The molecular weight excluding hydrogens is 326 g/mol. The first-order valence-electron chi connectivity index (χ1n) is 10.3. The van der Waals surface area contributed by atoms with Crippen molar-refractivity contribution in [2.45, 2.75) is 44.9 Å². The van der Waals surface area contributed by atoms with Gasteiger partial charge in [0.25, 0.3) is 0 Å². The van der Waals surface area contributed by atoms with Crippen LogP contribution in [-0.2, 0) is 19.3 Å². The van der Waals surface area contributed by atoms with Crippen molar-refractivity contribution in [2.24, 2.45) is 0 Å². The second-order valence-electron chi connectivity index (χ2n) is 7.75. The van der Waals surface area contributed by atoms with Gasteiger partial charge in [-0.2, -0.15) is 0 Å². The molecule has 3 aromatic rings. The number of allylic oxidation sites excluding steroid dienone is 1. The molecule has 0 saturated heterocycles. The highest BCUT2D eigenvalue weighted by Gasteiger charge is 2.26. The van der Waals surface area contributed by atoms with Crippen molar-refractivity contribution in [2.75, 3.05) is 0 Å². The predicted molar refractivity (Wildman–Crippen MR) is 114 cm³/mol. The highest BCUT2D eigenvalue weighted by atomic mass is 14.7. The number of nitrogens with zero attached hydrogens (tertiary/aromatic N) is 1. The van der Waals surface area contributed by atoms with E-state index in [1.165, 1.54) is 70.5 Å². The van der Waals surface area contributed by atoms with Crippen LogP contribution in [-0.4, -0.2) is 4.98 Å². The van der Waals surface area contributed by atoms with Crippen molar-refractivity contribution in [1.82, 2.24) is 4.98 Å². The minimum atomic E-state index is 1.13. The Morgan fingerprint density at radius 2 is 1.37 bits per heavy atom. The molecule has 2 aliphatic carbocycles. The minimum absolute atomic E-state index is 1.13. The van der Waals surface area contributed by atoms with Crippen molar-refractivity contribution in [3.8, 4) is 11.1 Å². The molecule has 0 spiro atoms. The lowest BCUT2D eigenvalue weighted by Crippen LogP contribution is -2.15. The van der Waals surface area contributed by atoms with Gasteiger partial charge in [-0.3, -0.25) is 4.98 Å². The molecule has 1 nitrogen and oxygen atoms in total. The van der Waals surface area contributed by atoms with Gasteiger partial charge in [-0.15, -0.1) is 0 Å². The number of pyridine rings is 1. The molecule has 0 N–H and O–H groups in total. The van der Waals surface area contributed by atoms with Crippen molar-refractivity contribution >= 4 is 11.6 Å². The fraction of sp³-hybridized carbons (Fsp3) is 0.269. The summed E-state index contributed by atoms with van der Waals surface area (Å²) in [5.41, 5.74) is 11.2.